The maximum Gasteiger partial charge on any atom is 0.348 e. The van der Waals surface area contributed by atoms with Gasteiger partial charge in [-0.25, -0.2) is 9.59 Å². The highest BCUT2D eigenvalue weighted by molar-refractivity contribution is 7.12. The maximum absolute atomic E-state index is 11.6. The van der Waals surface area contributed by atoms with Crippen LogP contribution < -0.4 is 10.6 Å². The van der Waals surface area contributed by atoms with Gasteiger partial charge in [-0.1, -0.05) is 0 Å². The standard InChI is InChI=1S/C11H14N2O3S/c1-6-5-17-9(10(14)15)8(6)13-11(16)12-7-3-2-4-7/h5,7H,2-4H2,1H3,(H,14,15)(H2,12,13,16). The van der Waals surface area contributed by atoms with Crippen molar-refractivity contribution in [2.24, 2.45) is 0 Å². The summed E-state index contributed by atoms with van der Waals surface area (Å²) in [6.07, 6.45) is 3.15. The van der Waals surface area contributed by atoms with Gasteiger partial charge in [-0.3, -0.25) is 0 Å². The number of carbonyl (C=O) groups excluding carboxylic acids is 1. The van der Waals surface area contributed by atoms with Crippen molar-refractivity contribution in [3.05, 3.63) is 15.8 Å². The summed E-state index contributed by atoms with van der Waals surface area (Å²) >= 11 is 1.12. The van der Waals surface area contributed by atoms with Crippen molar-refractivity contribution in [3.63, 3.8) is 0 Å². The highest BCUT2D eigenvalue weighted by atomic mass is 32.1. The predicted octanol–water partition coefficient (Wildman–Crippen LogP) is 2.43. The zero-order valence-corrected chi connectivity index (χ0v) is 10.3. The number of hydrogen-bond donors (Lipinski definition) is 3. The van der Waals surface area contributed by atoms with Crippen LogP contribution in [-0.2, 0) is 0 Å². The van der Waals surface area contributed by atoms with E-state index < -0.39 is 5.97 Å². The van der Waals surface area contributed by atoms with E-state index in [0.29, 0.717) is 5.69 Å². The number of nitrogens with one attached hydrogen (secondary N) is 2. The second-order valence-corrected chi connectivity index (χ2v) is 5.03. The third-order valence-electron chi connectivity index (χ3n) is 2.85. The van der Waals surface area contributed by atoms with Crippen molar-refractivity contribution in [2.45, 2.75) is 32.2 Å². The summed E-state index contributed by atoms with van der Waals surface area (Å²) in [5.41, 5.74) is 1.18. The second kappa shape index (κ2) is 4.75. The molecule has 0 aromatic carbocycles. The number of urea groups is 1. The second-order valence-electron chi connectivity index (χ2n) is 4.15. The number of anilines is 1. The minimum atomic E-state index is -1.01. The Hall–Kier alpha value is -1.56. The van der Waals surface area contributed by atoms with E-state index in [1.54, 1.807) is 12.3 Å². The number of hydrogen-bond acceptors (Lipinski definition) is 3. The van der Waals surface area contributed by atoms with Crippen molar-refractivity contribution >= 4 is 29.0 Å². The average molecular weight is 254 g/mol. The van der Waals surface area contributed by atoms with Gasteiger partial charge >= 0.3 is 12.0 Å². The molecule has 5 nitrogen and oxygen atoms in total. The molecule has 0 bridgehead atoms. The molecule has 17 heavy (non-hydrogen) atoms. The van der Waals surface area contributed by atoms with Crippen LogP contribution in [0.5, 0.6) is 0 Å². The van der Waals surface area contributed by atoms with Crippen LogP contribution in [0.3, 0.4) is 0 Å². The number of carboxylic acids is 1. The van der Waals surface area contributed by atoms with Crippen LogP contribution >= 0.6 is 11.3 Å². The number of aryl methyl sites for hydroxylation is 1. The van der Waals surface area contributed by atoms with Crippen molar-refractivity contribution in [3.8, 4) is 0 Å². The van der Waals surface area contributed by atoms with Gasteiger partial charge in [0.05, 0.1) is 5.69 Å². The van der Waals surface area contributed by atoms with Crippen LogP contribution in [0.15, 0.2) is 5.38 Å². The molecule has 0 atom stereocenters. The van der Waals surface area contributed by atoms with E-state index in [9.17, 15) is 9.59 Å². The van der Waals surface area contributed by atoms with Crippen LogP contribution in [0.4, 0.5) is 10.5 Å². The van der Waals surface area contributed by atoms with Crippen molar-refractivity contribution in [1.29, 1.82) is 0 Å². The zero-order chi connectivity index (χ0) is 12.4. The Balaban J connectivity index is 2.03. The summed E-state index contributed by atoms with van der Waals surface area (Å²) in [5, 5.41) is 16.1. The first-order chi connectivity index (χ1) is 8.08. The molecule has 1 saturated carbocycles. The lowest BCUT2D eigenvalue weighted by atomic mass is 9.93. The van der Waals surface area contributed by atoms with Crippen molar-refractivity contribution in [2.75, 3.05) is 5.32 Å². The largest absolute Gasteiger partial charge is 0.477 e. The molecule has 2 rings (SSSR count). The molecule has 6 heteroatoms. The molecule has 0 radical (unpaired) electrons. The van der Waals surface area contributed by atoms with Crippen LogP contribution in [0, 0.1) is 6.92 Å². The van der Waals surface area contributed by atoms with Crippen LogP contribution in [0.1, 0.15) is 34.5 Å². The van der Waals surface area contributed by atoms with E-state index in [4.69, 9.17) is 5.11 Å². The summed E-state index contributed by atoms with van der Waals surface area (Å²) in [6.45, 7) is 1.78. The van der Waals surface area contributed by atoms with Crippen molar-refractivity contribution < 1.29 is 14.7 Å². The first-order valence-electron chi connectivity index (χ1n) is 5.47. The summed E-state index contributed by atoms with van der Waals surface area (Å²) in [7, 11) is 0. The molecule has 1 aliphatic rings. The minimum Gasteiger partial charge on any atom is -0.477 e. The molecule has 0 unspecified atom stereocenters. The molecule has 1 aliphatic carbocycles. The zero-order valence-electron chi connectivity index (χ0n) is 9.45. The maximum atomic E-state index is 11.6. The summed E-state index contributed by atoms with van der Waals surface area (Å²) < 4.78 is 0. The Morgan fingerprint density at radius 3 is 2.71 bits per heavy atom. The Labute approximate surface area is 103 Å². The lowest BCUT2D eigenvalue weighted by Gasteiger charge is -2.26. The van der Waals surface area contributed by atoms with Gasteiger partial charge in [-0.15, -0.1) is 11.3 Å². The first kappa shape index (κ1) is 11.9. The Bertz CT molecular complexity index is 452. The molecule has 3 N–H and O–H groups in total. The highest BCUT2D eigenvalue weighted by Crippen LogP contribution is 2.27. The highest BCUT2D eigenvalue weighted by Gasteiger charge is 2.21. The van der Waals surface area contributed by atoms with Gasteiger partial charge in [0.2, 0.25) is 0 Å². The summed E-state index contributed by atoms with van der Waals surface area (Å²) in [5.74, 6) is -1.01. The third-order valence-corrected chi connectivity index (χ3v) is 3.93. The lowest BCUT2D eigenvalue weighted by molar-refractivity contribution is 0.0703. The number of thiophene rings is 1. The van der Waals surface area contributed by atoms with Gasteiger partial charge in [0.1, 0.15) is 4.88 Å². The molecule has 92 valence electrons. The van der Waals surface area contributed by atoms with Crippen LogP contribution in [0.25, 0.3) is 0 Å². The normalized spacial score (nSPS) is 15.1. The molecule has 1 aromatic heterocycles. The molecule has 1 aromatic rings. The molecule has 1 fully saturated rings. The van der Waals surface area contributed by atoms with Gasteiger partial charge in [0.15, 0.2) is 0 Å². The first-order valence-corrected chi connectivity index (χ1v) is 6.35. The van der Waals surface area contributed by atoms with Crippen molar-refractivity contribution in [1.82, 2.24) is 5.32 Å². The molecule has 0 spiro atoms. The molecule has 2 amide bonds. The average Bonchev–Trinajstić information content (AvgIpc) is 2.55. The van der Waals surface area contributed by atoms with E-state index in [1.165, 1.54) is 0 Å². The van der Waals surface area contributed by atoms with Gasteiger partial charge in [0, 0.05) is 6.04 Å². The Morgan fingerprint density at radius 1 is 1.47 bits per heavy atom. The predicted molar refractivity (Wildman–Crippen MR) is 65.8 cm³/mol. The van der Waals surface area contributed by atoms with E-state index >= 15 is 0 Å². The van der Waals surface area contributed by atoms with Crippen LogP contribution in [-0.4, -0.2) is 23.1 Å². The van der Waals surface area contributed by atoms with Gasteiger partial charge in [-0.2, -0.15) is 0 Å². The molecular formula is C11H14N2O3S. The number of rotatable bonds is 3. The molecule has 0 saturated heterocycles. The minimum absolute atomic E-state index is 0.172. The number of carboxylic acid groups (broad SMARTS) is 1. The lowest BCUT2D eigenvalue weighted by Crippen LogP contribution is -2.42. The van der Waals surface area contributed by atoms with E-state index in [0.717, 1.165) is 36.2 Å². The Morgan fingerprint density at radius 2 is 2.18 bits per heavy atom. The van der Waals surface area contributed by atoms with E-state index in [-0.39, 0.29) is 17.0 Å². The number of aromatic carboxylic acids is 1. The quantitative estimate of drug-likeness (QED) is 0.775. The molecule has 1 heterocycles. The van der Waals surface area contributed by atoms with Crippen LogP contribution in [0.2, 0.25) is 0 Å². The number of amides is 2. The fraction of sp³-hybridized carbons (Fsp3) is 0.455. The summed E-state index contributed by atoms with van der Waals surface area (Å²) in [4.78, 5) is 22.7. The van der Waals surface area contributed by atoms with Gasteiger partial charge in [-0.05, 0) is 37.1 Å². The molecular weight excluding hydrogens is 240 g/mol. The fourth-order valence-corrected chi connectivity index (χ4v) is 2.49. The fourth-order valence-electron chi connectivity index (χ4n) is 1.64. The molecule has 0 aliphatic heterocycles. The summed E-state index contributed by atoms with van der Waals surface area (Å²) in [6, 6.07) is -0.0825. The topological polar surface area (TPSA) is 78.4 Å². The van der Waals surface area contributed by atoms with Gasteiger partial charge in [0.25, 0.3) is 0 Å². The van der Waals surface area contributed by atoms with Gasteiger partial charge < -0.3 is 15.7 Å². The Kier molecular flexibility index (Phi) is 3.33. The smallest absolute Gasteiger partial charge is 0.348 e. The van der Waals surface area contributed by atoms with E-state index in [1.807, 2.05) is 0 Å². The van der Waals surface area contributed by atoms with E-state index in [2.05, 4.69) is 10.6 Å². The third kappa shape index (κ3) is 2.58. The monoisotopic (exact) mass is 254 g/mol. The SMILES string of the molecule is Cc1csc(C(=O)O)c1NC(=O)NC1CCC1. The number of carbonyl (C=O) groups is 2.